The molecule has 4 nitrogen and oxygen atoms in total. The van der Waals surface area contributed by atoms with Crippen molar-refractivity contribution in [2.75, 3.05) is 5.73 Å². The molecule has 0 radical (unpaired) electrons. The number of hydrogen-bond acceptors (Lipinski definition) is 3. The van der Waals surface area contributed by atoms with Crippen molar-refractivity contribution in [1.82, 2.24) is 5.32 Å². The van der Waals surface area contributed by atoms with E-state index in [1.54, 1.807) is 30.3 Å². The van der Waals surface area contributed by atoms with E-state index < -0.39 is 0 Å². The summed E-state index contributed by atoms with van der Waals surface area (Å²) >= 11 is 5.83. The lowest BCUT2D eigenvalue weighted by Gasteiger charge is -2.14. The Morgan fingerprint density at radius 2 is 1.95 bits per heavy atom. The topological polar surface area (TPSA) is 78.9 Å². The molecule has 3 N–H and O–H groups in total. The zero-order chi connectivity index (χ0) is 15.4. The maximum absolute atomic E-state index is 12.2. The molecule has 2 aromatic carbocycles. The number of nitriles is 1. The van der Waals surface area contributed by atoms with Gasteiger partial charge >= 0.3 is 0 Å². The van der Waals surface area contributed by atoms with Crippen LogP contribution in [0.5, 0.6) is 0 Å². The molecule has 0 aliphatic rings. The Labute approximate surface area is 128 Å². The molecular weight excluding hydrogens is 286 g/mol. The first kappa shape index (κ1) is 14.9. The summed E-state index contributed by atoms with van der Waals surface area (Å²) in [4.78, 5) is 12.2. The summed E-state index contributed by atoms with van der Waals surface area (Å²) < 4.78 is 0. The van der Waals surface area contributed by atoms with E-state index in [-0.39, 0.29) is 11.9 Å². The number of nitrogen functional groups attached to an aromatic ring is 1. The molecule has 1 atom stereocenters. The zero-order valence-electron chi connectivity index (χ0n) is 11.4. The Balaban J connectivity index is 2.10. The van der Waals surface area contributed by atoms with Crippen molar-refractivity contribution in [1.29, 1.82) is 5.26 Å². The largest absolute Gasteiger partial charge is 0.398 e. The fourth-order valence-corrected chi connectivity index (χ4v) is 2.01. The minimum atomic E-state index is -0.227. The summed E-state index contributed by atoms with van der Waals surface area (Å²) in [5.74, 6) is -0.227. The van der Waals surface area contributed by atoms with Gasteiger partial charge in [-0.3, -0.25) is 4.79 Å². The van der Waals surface area contributed by atoms with Crippen molar-refractivity contribution in [3.63, 3.8) is 0 Å². The summed E-state index contributed by atoms with van der Waals surface area (Å²) in [5, 5.41) is 12.1. The van der Waals surface area contributed by atoms with Crippen molar-refractivity contribution in [3.05, 3.63) is 64.2 Å². The molecule has 0 bridgehead atoms. The lowest BCUT2D eigenvalue weighted by atomic mass is 10.1. The van der Waals surface area contributed by atoms with E-state index in [0.29, 0.717) is 21.8 Å². The number of hydrogen-bond donors (Lipinski definition) is 2. The number of rotatable bonds is 3. The van der Waals surface area contributed by atoms with Crippen LogP contribution in [-0.4, -0.2) is 5.91 Å². The molecule has 1 amide bonds. The Bertz CT molecular complexity index is 704. The zero-order valence-corrected chi connectivity index (χ0v) is 12.2. The van der Waals surface area contributed by atoms with Gasteiger partial charge in [0.2, 0.25) is 0 Å². The number of carbonyl (C=O) groups excluding carboxylic acids is 1. The monoisotopic (exact) mass is 299 g/mol. The van der Waals surface area contributed by atoms with Crippen molar-refractivity contribution in [3.8, 4) is 6.07 Å². The van der Waals surface area contributed by atoms with E-state index in [4.69, 9.17) is 22.6 Å². The van der Waals surface area contributed by atoms with Gasteiger partial charge in [0.15, 0.2) is 0 Å². The predicted octanol–water partition coefficient (Wildman–Crippen LogP) is 3.28. The summed E-state index contributed by atoms with van der Waals surface area (Å²) in [7, 11) is 0. The maximum atomic E-state index is 12.2. The van der Waals surface area contributed by atoms with Crippen LogP contribution in [0.2, 0.25) is 5.02 Å². The number of nitrogens with one attached hydrogen (secondary N) is 1. The first-order chi connectivity index (χ1) is 10.0. The number of amides is 1. The summed E-state index contributed by atoms with van der Waals surface area (Å²) in [6.07, 6.45) is 0. The maximum Gasteiger partial charge on any atom is 0.251 e. The number of halogens is 1. The number of nitrogens with two attached hydrogens (primary N) is 1. The van der Waals surface area contributed by atoms with Crippen molar-refractivity contribution in [2.24, 2.45) is 0 Å². The van der Waals surface area contributed by atoms with Crippen molar-refractivity contribution in [2.45, 2.75) is 13.0 Å². The van der Waals surface area contributed by atoms with Gasteiger partial charge in [-0.15, -0.1) is 0 Å². The second kappa shape index (κ2) is 6.29. The molecule has 0 aromatic heterocycles. The second-order valence-corrected chi connectivity index (χ2v) is 5.07. The fourth-order valence-electron chi connectivity index (χ4n) is 1.89. The highest BCUT2D eigenvalue weighted by atomic mass is 35.5. The highest BCUT2D eigenvalue weighted by molar-refractivity contribution is 6.33. The molecule has 0 spiro atoms. The molecule has 2 rings (SSSR count). The van der Waals surface area contributed by atoms with Gasteiger partial charge in [-0.1, -0.05) is 23.7 Å². The number of anilines is 1. The van der Waals surface area contributed by atoms with Gasteiger partial charge in [0.05, 0.1) is 28.4 Å². The van der Waals surface area contributed by atoms with E-state index in [9.17, 15) is 4.79 Å². The van der Waals surface area contributed by atoms with Crippen LogP contribution < -0.4 is 11.1 Å². The lowest BCUT2D eigenvalue weighted by molar-refractivity contribution is 0.0940. The average Bonchev–Trinajstić information content (AvgIpc) is 2.50. The van der Waals surface area contributed by atoms with Crippen LogP contribution in [0.3, 0.4) is 0 Å². The first-order valence-electron chi connectivity index (χ1n) is 6.37. The van der Waals surface area contributed by atoms with Gasteiger partial charge in [-0.05, 0) is 42.8 Å². The molecule has 21 heavy (non-hydrogen) atoms. The van der Waals surface area contributed by atoms with Gasteiger partial charge in [-0.25, -0.2) is 0 Å². The Morgan fingerprint density at radius 3 is 2.52 bits per heavy atom. The van der Waals surface area contributed by atoms with Crippen LogP contribution in [-0.2, 0) is 0 Å². The third kappa shape index (κ3) is 3.53. The van der Waals surface area contributed by atoms with Crippen LogP contribution in [0, 0.1) is 11.3 Å². The highest BCUT2D eigenvalue weighted by Crippen LogP contribution is 2.20. The fraction of sp³-hybridized carbons (Fsp3) is 0.125. The minimum absolute atomic E-state index is 0.179. The predicted molar refractivity (Wildman–Crippen MR) is 82.9 cm³/mol. The molecule has 0 fully saturated rings. The highest BCUT2D eigenvalue weighted by Gasteiger charge is 2.12. The quantitative estimate of drug-likeness (QED) is 0.854. The lowest BCUT2D eigenvalue weighted by Crippen LogP contribution is -2.26. The van der Waals surface area contributed by atoms with Crippen LogP contribution in [0.4, 0.5) is 5.69 Å². The summed E-state index contributed by atoms with van der Waals surface area (Å²) in [6, 6.07) is 13.7. The van der Waals surface area contributed by atoms with Crippen LogP contribution in [0.1, 0.15) is 34.5 Å². The third-order valence-electron chi connectivity index (χ3n) is 3.15. The van der Waals surface area contributed by atoms with Crippen LogP contribution in [0.25, 0.3) is 0 Å². The van der Waals surface area contributed by atoms with Gasteiger partial charge < -0.3 is 11.1 Å². The molecule has 106 valence electrons. The number of benzene rings is 2. The average molecular weight is 300 g/mol. The van der Waals surface area contributed by atoms with Crippen LogP contribution >= 0.6 is 11.6 Å². The normalized spacial score (nSPS) is 11.5. The summed E-state index contributed by atoms with van der Waals surface area (Å²) in [6.45, 7) is 1.87. The Kier molecular flexibility index (Phi) is 4.46. The van der Waals surface area contributed by atoms with Gasteiger partial charge in [-0.2, -0.15) is 5.26 Å². The van der Waals surface area contributed by atoms with Gasteiger partial charge in [0.25, 0.3) is 5.91 Å². The molecule has 5 heteroatoms. The molecule has 0 aliphatic heterocycles. The SMILES string of the molecule is CC(NC(=O)c1ccc(Cl)c(N)c1)c1ccc(C#N)cc1. The standard InChI is InChI=1S/C16H14ClN3O/c1-10(12-4-2-11(9-18)3-5-12)20-16(21)13-6-7-14(17)15(19)8-13/h2-8,10H,19H2,1H3,(H,20,21). The smallest absolute Gasteiger partial charge is 0.251 e. The molecule has 0 aliphatic carbocycles. The number of nitrogens with zero attached hydrogens (tertiary/aromatic N) is 1. The molecular formula is C16H14ClN3O. The van der Waals surface area contributed by atoms with Crippen LogP contribution in [0.15, 0.2) is 42.5 Å². The first-order valence-corrected chi connectivity index (χ1v) is 6.75. The van der Waals surface area contributed by atoms with Crippen molar-refractivity contribution >= 4 is 23.2 Å². The molecule has 2 aromatic rings. The Morgan fingerprint density at radius 1 is 1.29 bits per heavy atom. The second-order valence-electron chi connectivity index (χ2n) is 4.67. The molecule has 0 heterocycles. The van der Waals surface area contributed by atoms with E-state index in [1.165, 1.54) is 0 Å². The minimum Gasteiger partial charge on any atom is -0.398 e. The summed E-state index contributed by atoms with van der Waals surface area (Å²) in [5.41, 5.74) is 8.02. The van der Waals surface area contributed by atoms with E-state index in [2.05, 4.69) is 11.4 Å². The molecule has 0 saturated heterocycles. The van der Waals surface area contributed by atoms with E-state index in [1.807, 2.05) is 19.1 Å². The third-order valence-corrected chi connectivity index (χ3v) is 3.49. The van der Waals surface area contributed by atoms with E-state index >= 15 is 0 Å². The molecule has 0 saturated carbocycles. The van der Waals surface area contributed by atoms with E-state index in [0.717, 1.165) is 5.56 Å². The Hall–Kier alpha value is -2.51. The van der Waals surface area contributed by atoms with Gasteiger partial charge in [0.1, 0.15) is 0 Å². The van der Waals surface area contributed by atoms with Crippen molar-refractivity contribution < 1.29 is 4.79 Å². The number of carbonyl (C=O) groups is 1. The molecule has 1 unspecified atom stereocenters. The van der Waals surface area contributed by atoms with Gasteiger partial charge in [0, 0.05) is 5.56 Å².